The van der Waals surface area contributed by atoms with Crippen LogP contribution in [0.2, 0.25) is 0 Å². The van der Waals surface area contributed by atoms with Gasteiger partial charge >= 0.3 is 0 Å². The highest BCUT2D eigenvalue weighted by molar-refractivity contribution is 6.22. The van der Waals surface area contributed by atoms with E-state index in [1.807, 2.05) is 0 Å². The maximum absolute atomic E-state index is 11.7. The molecule has 1 aliphatic carbocycles. The molecular formula is C14H10N4O2. The lowest BCUT2D eigenvalue weighted by Crippen LogP contribution is -2.17. The Morgan fingerprint density at radius 3 is 2.85 bits per heavy atom. The van der Waals surface area contributed by atoms with E-state index in [1.54, 1.807) is 42.6 Å². The van der Waals surface area contributed by atoms with Gasteiger partial charge < -0.3 is 5.21 Å². The Balaban J connectivity index is 2.10. The predicted molar refractivity (Wildman–Crippen MR) is 71.4 cm³/mol. The first-order valence-electron chi connectivity index (χ1n) is 5.92. The minimum Gasteiger partial charge on any atom is -0.427 e. The second kappa shape index (κ2) is 4.93. The molecule has 2 aromatic rings. The zero-order chi connectivity index (χ0) is 13.9. The van der Waals surface area contributed by atoms with E-state index in [0.29, 0.717) is 17.0 Å². The first-order chi connectivity index (χ1) is 9.75. The molecule has 2 aromatic heterocycles. The SMILES string of the molecule is O=C1C=CC(=N/N=c2\ccccn2O)c2cccnc21. The van der Waals surface area contributed by atoms with Crippen LogP contribution in [0.25, 0.3) is 0 Å². The molecule has 6 nitrogen and oxygen atoms in total. The van der Waals surface area contributed by atoms with Gasteiger partial charge in [-0.2, -0.15) is 4.73 Å². The van der Waals surface area contributed by atoms with Gasteiger partial charge in [0.1, 0.15) is 5.69 Å². The molecule has 3 rings (SSSR count). The summed E-state index contributed by atoms with van der Waals surface area (Å²) in [6.45, 7) is 0. The fourth-order valence-electron chi connectivity index (χ4n) is 1.83. The number of rotatable bonds is 1. The lowest BCUT2D eigenvalue weighted by molar-refractivity contribution is 0.104. The summed E-state index contributed by atoms with van der Waals surface area (Å²) in [5.41, 5.74) is 1.80. The van der Waals surface area contributed by atoms with Crippen LogP contribution in [-0.2, 0) is 0 Å². The Labute approximate surface area is 114 Å². The highest BCUT2D eigenvalue weighted by Crippen LogP contribution is 2.14. The van der Waals surface area contributed by atoms with Crippen molar-refractivity contribution in [3.8, 4) is 0 Å². The molecule has 0 aliphatic heterocycles. The van der Waals surface area contributed by atoms with E-state index >= 15 is 0 Å². The second-order valence-electron chi connectivity index (χ2n) is 4.09. The number of ketones is 1. The number of hydrogen-bond acceptors (Lipinski definition) is 5. The number of carbonyl (C=O) groups is 1. The summed E-state index contributed by atoms with van der Waals surface area (Å²) in [6, 6.07) is 8.52. The van der Waals surface area contributed by atoms with Crippen molar-refractivity contribution < 1.29 is 10.0 Å². The normalized spacial score (nSPS) is 16.5. The van der Waals surface area contributed by atoms with Gasteiger partial charge in [0.05, 0.1) is 5.71 Å². The lowest BCUT2D eigenvalue weighted by atomic mass is 10.00. The summed E-state index contributed by atoms with van der Waals surface area (Å²) >= 11 is 0. The molecule has 0 unspecified atom stereocenters. The van der Waals surface area contributed by atoms with Crippen LogP contribution in [0, 0.1) is 0 Å². The molecule has 2 heterocycles. The Morgan fingerprint density at radius 2 is 2.00 bits per heavy atom. The van der Waals surface area contributed by atoms with Gasteiger partial charge in [0.2, 0.25) is 5.78 Å². The summed E-state index contributed by atoms with van der Waals surface area (Å²) in [4.78, 5) is 15.7. The molecule has 0 saturated heterocycles. The Bertz CT molecular complexity index is 803. The zero-order valence-electron chi connectivity index (χ0n) is 10.3. The molecule has 1 aliphatic rings. The van der Waals surface area contributed by atoms with Crippen molar-refractivity contribution in [2.75, 3.05) is 0 Å². The van der Waals surface area contributed by atoms with Gasteiger partial charge in [-0.3, -0.25) is 9.78 Å². The standard InChI is InChI=1S/C14H10N4O2/c19-12-7-6-11(10-4-3-8-15-14(10)12)16-17-13-5-1-2-9-18(13)20/h1-9,20H/b16-11?,17-13+. The third-order valence-electron chi connectivity index (χ3n) is 2.79. The van der Waals surface area contributed by atoms with Gasteiger partial charge in [-0.25, -0.2) is 0 Å². The van der Waals surface area contributed by atoms with Crippen molar-refractivity contribution in [3.63, 3.8) is 0 Å². The minimum atomic E-state index is -0.156. The third-order valence-corrected chi connectivity index (χ3v) is 2.79. The molecule has 0 bridgehead atoms. The molecule has 0 radical (unpaired) electrons. The van der Waals surface area contributed by atoms with E-state index in [9.17, 15) is 10.0 Å². The summed E-state index contributed by atoms with van der Waals surface area (Å²) in [7, 11) is 0. The van der Waals surface area contributed by atoms with E-state index in [2.05, 4.69) is 15.2 Å². The molecule has 0 spiro atoms. The predicted octanol–water partition coefficient (Wildman–Crippen LogP) is 1.18. The van der Waals surface area contributed by atoms with Gasteiger partial charge in [0.15, 0.2) is 5.49 Å². The average molecular weight is 266 g/mol. The van der Waals surface area contributed by atoms with Crippen LogP contribution in [-0.4, -0.2) is 26.4 Å². The summed E-state index contributed by atoms with van der Waals surface area (Å²) in [6.07, 6.45) is 6.00. The molecule has 0 amide bonds. The Hall–Kier alpha value is -3.02. The first-order valence-corrected chi connectivity index (χ1v) is 5.92. The van der Waals surface area contributed by atoms with Gasteiger partial charge in [-0.15, -0.1) is 10.2 Å². The lowest BCUT2D eigenvalue weighted by Gasteiger charge is -2.08. The van der Waals surface area contributed by atoms with Crippen molar-refractivity contribution >= 4 is 11.5 Å². The number of pyridine rings is 2. The smallest absolute Gasteiger partial charge is 0.204 e. The maximum atomic E-state index is 11.7. The Kier molecular flexibility index (Phi) is 2.96. The van der Waals surface area contributed by atoms with Crippen LogP contribution in [0.3, 0.4) is 0 Å². The first kappa shape index (κ1) is 12.0. The van der Waals surface area contributed by atoms with Gasteiger partial charge in [-0.05, 0) is 36.4 Å². The van der Waals surface area contributed by atoms with Crippen LogP contribution in [0.4, 0.5) is 0 Å². The number of hydrogen-bond donors (Lipinski definition) is 1. The summed E-state index contributed by atoms with van der Waals surface area (Å²) in [5.74, 6) is -0.156. The zero-order valence-corrected chi connectivity index (χ0v) is 10.3. The summed E-state index contributed by atoms with van der Waals surface area (Å²) < 4.78 is 0.867. The fourth-order valence-corrected chi connectivity index (χ4v) is 1.83. The fraction of sp³-hybridized carbons (Fsp3) is 0. The molecule has 0 fully saturated rings. The van der Waals surface area contributed by atoms with Crippen LogP contribution >= 0.6 is 0 Å². The molecule has 20 heavy (non-hydrogen) atoms. The van der Waals surface area contributed by atoms with Crippen LogP contribution in [0.1, 0.15) is 16.1 Å². The molecule has 1 N–H and O–H groups in total. The number of allylic oxidation sites excluding steroid dienone is 2. The molecular weight excluding hydrogens is 256 g/mol. The average Bonchev–Trinajstić information content (AvgIpc) is 2.48. The monoisotopic (exact) mass is 266 g/mol. The van der Waals surface area contributed by atoms with E-state index in [0.717, 1.165) is 4.73 Å². The van der Waals surface area contributed by atoms with Gasteiger partial charge in [0.25, 0.3) is 0 Å². The molecule has 0 aromatic carbocycles. The topological polar surface area (TPSA) is 79.8 Å². The largest absolute Gasteiger partial charge is 0.427 e. The minimum absolute atomic E-state index is 0.156. The quantitative estimate of drug-likeness (QED) is 0.621. The van der Waals surface area contributed by atoms with Crippen molar-refractivity contribution in [1.82, 2.24) is 9.71 Å². The highest BCUT2D eigenvalue weighted by atomic mass is 16.5. The maximum Gasteiger partial charge on any atom is 0.204 e. The molecule has 0 saturated carbocycles. The Morgan fingerprint density at radius 1 is 1.10 bits per heavy atom. The van der Waals surface area contributed by atoms with Crippen molar-refractivity contribution in [2.24, 2.45) is 10.2 Å². The number of nitrogens with zero attached hydrogens (tertiary/aromatic N) is 4. The number of aromatic nitrogens is 2. The van der Waals surface area contributed by atoms with Crippen molar-refractivity contribution in [3.05, 3.63) is 71.6 Å². The van der Waals surface area contributed by atoms with E-state index in [-0.39, 0.29) is 11.3 Å². The van der Waals surface area contributed by atoms with E-state index in [1.165, 1.54) is 12.3 Å². The van der Waals surface area contributed by atoms with E-state index < -0.39 is 0 Å². The summed E-state index contributed by atoms with van der Waals surface area (Å²) in [5, 5.41) is 17.6. The van der Waals surface area contributed by atoms with Crippen molar-refractivity contribution in [1.29, 1.82) is 0 Å². The van der Waals surface area contributed by atoms with Crippen molar-refractivity contribution in [2.45, 2.75) is 0 Å². The number of carbonyl (C=O) groups excluding carboxylic acids is 1. The third kappa shape index (κ3) is 2.14. The van der Waals surface area contributed by atoms with Crippen LogP contribution in [0.5, 0.6) is 0 Å². The van der Waals surface area contributed by atoms with Gasteiger partial charge in [-0.1, -0.05) is 6.07 Å². The molecule has 0 atom stereocenters. The van der Waals surface area contributed by atoms with Crippen LogP contribution < -0.4 is 5.49 Å². The molecule has 98 valence electrons. The van der Waals surface area contributed by atoms with E-state index in [4.69, 9.17) is 0 Å². The van der Waals surface area contributed by atoms with Crippen LogP contribution in [0.15, 0.2) is 65.1 Å². The van der Waals surface area contributed by atoms with Gasteiger partial charge in [0, 0.05) is 18.0 Å². The second-order valence-corrected chi connectivity index (χ2v) is 4.09. The molecule has 6 heteroatoms. The highest BCUT2D eigenvalue weighted by Gasteiger charge is 2.18. The number of fused-ring (bicyclic) bond motifs is 1.